The van der Waals surface area contributed by atoms with Crippen LogP contribution in [-0.2, 0) is 16.8 Å². The average Bonchev–Trinajstić information content (AvgIpc) is 2.59. The van der Waals surface area contributed by atoms with Gasteiger partial charge in [0.15, 0.2) is 0 Å². The molecule has 3 N–H and O–H groups in total. The third-order valence-corrected chi connectivity index (χ3v) is 4.29. The Morgan fingerprint density at radius 3 is 2.38 bits per heavy atom. The Morgan fingerprint density at radius 2 is 1.77 bits per heavy atom. The molecule has 0 aliphatic carbocycles. The van der Waals surface area contributed by atoms with Crippen LogP contribution in [0.4, 0.5) is 5.69 Å². The molecule has 0 aromatic heterocycles. The molecule has 2 rings (SSSR count). The van der Waals surface area contributed by atoms with E-state index in [1.807, 2.05) is 62.4 Å². The zero-order chi connectivity index (χ0) is 19.2. The van der Waals surface area contributed by atoms with Gasteiger partial charge in [-0.2, -0.15) is 0 Å². The summed E-state index contributed by atoms with van der Waals surface area (Å²) in [6.45, 7) is 8.95. The molecule has 0 saturated heterocycles. The zero-order valence-corrected chi connectivity index (χ0v) is 16.2. The second-order valence-electron chi connectivity index (χ2n) is 7.60. The van der Waals surface area contributed by atoms with Gasteiger partial charge in [-0.25, -0.2) is 0 Å². The van der Waals surface area contributed by atoms with Gasteiger partial charge in [0.25, 0.3) is 0 Å². The molecular weight excluding hydrogens is 324 g/mol. The lowest BCUT2D eigenvalue weighted by Crippen LogP contribution is -2.41. The van der Waals surface area contributed by atoms with E-state index in [0.717, 1.165) is 22.6 Å². The largest absolute Gasteiger partial charge is 0.493 e. The number of nitrogens with one attached hydrogen (secondary N) is 1. The van der Waals surface area contributed by atoms with E-state index in [1.54, 1.807) is 0 Å². The van der Waals surface area contributed by atoms with E-state index in [4.69, 9.17) is 10.5 Å². The van der Waals surface area contributed by atoms with Crippen LogP contribution in [0.25, 0.3) is 0 Å². The summed E-state index contributed by atoms with van der Waals surface area (Å²) in [6, 6.07) is 15.6. The number of benzene rings is 2. The van der Waals surface area contributed by atoms with Crippen LogP contribution in [0, 0.1) is 5.92 Å². The summed E-state index contributed by atoms with van der Waals surface area (Å²) in [5, 5.41) is 3.11. The van der Waals surface area contributed by atoms with Crippen molar-refractivity contribution in [1.82, 2.24) is 5.32 Å². The number of para-hydroxylation sites is 1. The van der Waals surface area contributed by atoms with Gasteiger partial charge in [0.1, 0.15) is 5.75 Å². The molecule has 140 valence electrons. The van der Waals surface area contributed by atoms with Crippen LogP contribution in [0.2, 0.25) is 0 Å². The molecule has 4 nitrogen and oxygen atoms in total. The Bertz CT molecular complexity index is 721. The van der Waals surface area contributed by atoms with Gasteiger partial charge in [-0.15, -0.1) is 0 Å². The van der Waals surface area contributed by atoms with Crippen LogP contribution in [0.1, 0.15) is 45.2 Å². The summed E-state index contributed by atoms with van der Waals surface area (Å²) in [5.41, 5.74) is 8.27. The summed E-state index contributed by atoms with van der Waals surface area (Å²) in [6.07, 6.45) is 1.05. The predicted octanol–water partition coefficient (Wildman–Crippen LogP) is 4.29. The fraction of sp³-hybridized carbons (Fsp3) is 0.409. The SMILES string of the molecule is CC(C)COc1ccc(C(C)(C)NC(=O)CCc2ccccc2N)cc1. The quantitative estimate of drug-likeness (QED) is 0.695. The van der Waals surface area contributed by atoms with E-state index in [1.165, 1.54) is 0 Å². The molecule has 2 aromatic carbocycles. The molecule has 0 aliphatic heterocycles. The van der Waals surface area contributed by atoms with E-state index in [2.05, 4.69) is 19.2 Å². The summed E-state index contributed by atoms with van der Waals surface area (Å²) in [5.74, 6) is 1.35. The van der Waals surface area contributed by atoms with E-state index < -0.39 is 5.54 Å². The van der Waals surface area contributed by atoms with Crippen LogP contribution in [-0.4, -0.2) is 12.5 Å². The maximum absolute atomic E-state index is 12.4. The number of ether oxygens (including phenoxy) is 1. The highest BCUT2D eigenvalue weighted by molar-refractivity contribution is 5.77. The highest BCUT2D eigenvalue weighted by atomic mass is 16.5. The first-order chi connectivity index (χ1) is 12.3. The van der Waals surface area contributed by atoms with Gasteiger partial charge in [0, 0.05) is 12.1 Å². The highest BCUT2D eigenvalue weighted by Crippen LogP contribution is 2.23. The number of carbonyl (C=O) groups is 1. The van der Waals surface area contributed by atoms with Gasteiger partial charge in [-0.3, -0.25) is 4.79 Å². The molecule has 26 heavy (non-hydrogen) atoms. The second kappa shape index (κ2) is 8.75. The number of nitrogens with two attached hydrogens (primary N) is 1. The van der Waals surface area contributed by atoms with Crippen molar-refractivity contribution in [3.63, 3.8) is 0 Å². The van der Waals surface area contributed by atoms with E-state index in [0.29, 0.717) is 25.4 Å². The van der Waals surface area contributed by atoms with Crippen molar-refractivity contribution < 1.29 is 9.53 Å². The van der Waals surface area contributed by atoms with E-state index in [-0.39, 0.29) is 5.91 Å². The molecule has 0 unspecified atom stereocenters. The predicted molar refractivity (Wildman–Crippen MR) is 107 cm³/mol. The highest BCUT2D eigenvalue weighted by Gasteiger charge is 2.22. The van der Waals surface area contributed by atoms with E-state index in [9.17, 15) is 4.79 Å². The number of amides is 1. The van der Waals surface area contributed by atoms with Gasteiger partial charge >= 0.3 is 0 Å². The van der Waals surface area contributed by atoms with E-state index >= 15 is 0 Å². The third kappa shape index (κ3) is 5.80. The number of aryl methyl sites for hydroxylation is 1. The number of nitrogen functional groups attached to an aromatic ring is 1. The molecule has 0 bridgehead atoms. The van der Waals surface area contributed by atoms with Gasteiger partial charge in [0.05, 0.1) is 12.1 Å². The lowest BCUT2D eigenvalue weighted by molar-refractivity contribution is -0.122. The van der Waals surface area contributed by atoms with Gasteiger partial charge in [0.2, 0.25) is 5.91 Å². The lowest BCUT2D eigenvalue weighted by atomic mass is 9.93. The van der Waals surface area contributed by atoms with Crippen molar-refractivity contribution in [2.24, 2.45) is 5.92 Å². The zero-order valence-electron chi connectivity index (χ0n) is 16.2. The minimum Gasteiger partial charge on any atom is -0.493 e. The van der Waals surface area contributed by atoms with Crippen molar-refractivity contribution in [3.8, 4) is 5.75 Å². The maximum Gasteiger partial charge on any atom is 0.221 e. The normalized spacial score (nSPS) is 11.4. The molecular formula is C22H30N2O2. The molecule has 1 amide bonds. The minimum atomic E-state index is -0.449. The Kier molecular flexibility index (Phi) is 6.67. The minimum absolute atomic E-state index is 0.0124. The Balaban J connectivity index is 1.92. The van der Waals surface area contributed by atoms with Crippen molar-refractivity contribution in [1.29, 1.82) is 0 Å². The number of rotatable bonds is 8. The number of carbonyl (C=O) groups excluding carboxylic acids is 1. The molecule has 0 saturated carbocycles. The lowest BCUT2D eigenvalue weighted by Gasteiger charge is -2.27. The Hall–Kier alpha value is -2.49. The summed E-state index contributed by atoms with van der Waals surface area (Å²) < 4.78 is 5.72. The maximum atomic E-state index is 12.4. The number of hydrogen-bond donors (Lipinski definition) is 2. The molecule has 0 fully saturated rings. The van der Waals surface area contributed by atoms with Crippen molar-refractivity contribution in [2.75, 3.05) is 12.3 Å². The number of anilines is 1. The van der Waals surface area contributed by atoms with Crippen LogP contribution in [0.15, 0.2) is 48.5 Å². The number of hydrogen-bond acceptors (Lipinski definition) is 3. The average molecular weight is 354 g/mol. The van der Waals surface area contributed by atoms with Gasteiger partial charge < -0.3 is 15.8 Å². The molecule has 0 atom stereocenters. The fourth-order valence-corrected chi connectivity index (χ4v) is 2.72. The molecule has 2 aromatic rings. The first-order valence-electron chi connectivity index (χ1n) is 9.15. The molecule has 0 spiro atoms. The van der Waals surface area contributed by atoms with Gasteiger partial charge in [-0.05, 0) is 55.5 Å². The summed E-state index contributed by atoms with van der Waals surface area (Å²) in [7, 11) is 0. The van der Waals surface area contributed by atoms with Gasteiger partial charge in [-0.1, -0.05) is 44.2 Å². The molecule has 0 heterocycles. The topological polar surface area (TPSA) is 64.3 Å². The fourth-order valence-electron chi connectivity index (χ4n) is 2.72. The standard InChI is InChI=1S/C22H30N2O2/c1-16(2)15-26-19-12-10-18(11-13-19)22(3,4)24-21(25)14-9-17-7-5-6-8-20(17)23/h5-8,10-13,16H,9,14-15,23H2,1-4H3,(H,24,25). The van der Waals surface area contributed by atoms with Crippen molar-refractivity contribution >= 4 is 11.6 Å². The van der Waals surface area contributed by atoms with Crippen LogP contribution < -0.4 is 15.8 Å². The molecule has 0 radical (unpaired) electrons. The summed E-state index contributed by atoms with van der Waals surface area (Å²) in [4.78, 5) is 12.4. The van der Waals surface area contributed by atoms with Crippen molar-refractivity contribution in [3.05, 3.63) is 59.7 Å². The molecule has 4 heteroatoms. The van der Waals surface area contributed by atoms with Crippen LogP contribution >= 0.6 is 0 Å². The summed E-state index contributed by atoms with van der Waals surface area (Å²) >= 11 is 0. The second-order valence-corrected chi connectivity index (χ2v) is 7.60. The Morgan fingerprint density at radius 1 is 1.12 bits per heavy atom. The van der Waals surface area contributed by atoms with Crippen molar-refractivity contribution in [2.45, 2.75) is 46.1 Å². The first kappa shape index (κ1) is 19.8. The first-order valence-corrected chi connectivity index (χ1v) is 9.15. The van der Waals surface area contributed by atoms with Crippen LogP contribution in [0.3, 0.4) is 0 Å². The smallest absolute Gasteiger partial charge is 0.221 e. The monoisotopic (exact) mass is 354 g/mol. The third-order valence-electron chi connectivity index (χ3n) is 4.29. The van der Waals surface area contributed by atoms with Crippen LogP contribution in [0.5, 0.6) is 5.75 Å². The molecule has 0 aliphatic rings. The Labute approximate surface area is 156 Å².